The Hall–Kier alpha value is -1.75. The summed E-state index contributed by atoms with van der Waals surface area (Å²) in [5.74, 6) is 1.81. The van der Waals surface area contributed by atoms with Crippen molar-refractivity contribution >= 4 is 5.91 Å². The van der Waals surface area contributed by atoms with Crippen molar-refractivity contribution < 1.29 is 19.0 Å². The van der Waals surface area contributed by atoms with Gasteiger partial charge in [0.2, 0.25) is 0 Å². The molecule has 1 amide bonds. The Morgan fingerprint density at radius 3 is 2.52 bits per heavy atom. The van der Waals surface area contributed by atoms with Crippen LogP contribution in [0.5, 0.6) is 11.5 Å². The predicted octanol–water partition coefficient (Wildman–Crippen LogP) is 3.23. The highest BCUT2D eigenvalue weighted by molar-refractivity contribution is 5.94. The first-order valence-electron chi connectivity index (χ1n) is 8.04. The van der Waals surface area contributed by atoms with Crippen molar-refractivity contribution in [3.63, 3.8) is 0 Å². The van der Waals surface area contributed by atoms with E-state index >= 15 is 0 Å². The van der Waals surface area contributed by atoms with Gasteiger partial charge in [-0.1, -0.05) is 13.8 Å². The van der Waals surface area contributed by atoms with Gasteiger partial charge in [0.05, 0.1) is 13.7 Å². The maximum absolute atomic E-state index is 12.4. The van der Waals surface area contributed by atoms with Crippen molar-refractivity contribution in [2.45, 2.75) is 26.7 Å². The lowest BCUT2D eigenvalue weighted by atomic mass is 10.1. The monoisotopic (exact) mass is 323 g/mol. The van der Waals surface area contributed by atoms with Crippen LogP contribution in [-0.2, 0) is 4.74 Å². The summed E-state index contributed by atoms with van der Waals surface area (Å²) in [6.45, 7) is 6.24. The summed E-state index contributed by atoms with van der Waals surface area (Å²) < 4.78 is 16.1. The van der Waals surface area contributed by atoms with Crippen LogP contribution in [0.2, 0.25) is 0 Å². The lowest BCUT2D eigenvalue weighted by Gasteiger charge is -2.18. The molecule has 1 aromatic rings. The Labute approximate surface area is 139 Å². The van der Waals surface area contributed by atoms with E-state index in [9.17, 15) is 4.79 Å². The molecule has 0 radical (unpaired) electrons. The van der Waals surface area contributed by atoms with Crippen LogP contribution in [0.1, 0.15) is 37.0 Å². The van der Waals surface area contributed by atoms with Gasteiger partial charge >= 0.3 is 0 Å². The molecule has 5 nitrogen and oxygen atoms in total. The molecule has 5 heteroatoms. The van der Waals surface area contributed by atoms with Crippen LogP contribution < -0.4 is 9.47 Å². The number of carbonyl (C=O) groups excluding carboxylic acids is 1. The van der Waals surface area contributed by atoms with Gasteiger partial charge in [-0.05, 0) is 37.0 Å². The third-order valence-corrected chi connectivity index (χ3v) is 3.55. The van der Waals surface area contributed by atoms with Gasteiger partial charge < -0.3 is 19.1 Å². The third-order valence-electron chi connectivity index (χ3n) is 3.55. The lowest BCUT2D eigenvalue weighted by Crippen LogP contribution is -2.28. The molecule has 0 heterocycles. The number of hydrogen-bond acceptors (Lipinski definition) is 4. The van der Waals surface area contributed by atoms with Gasteiger partial charge in [-0.15, -0.1) is 0 Å². The van der Waals surface area contributed by atoms with E-state index in [1.54, 1.807) is 44.4 Å². The predicted molar refractivity (Wildman–Crippen MR) is 91.4 cm³/mol. The summed E-state index contributed by atoms with van der Waals surface area (Å²) in [6.07, 6.45) is 1.79. The Balaban J connectivity index is 2.71. The number of carbonyl (C=O) groups is 1. The fourth-order valence-electron chi connectivity index (χ4n) is 2.09. The van der Waals surface area contributed by atoms with Crippen molar-refractivity contribution in [3.05, 3.63) is 23.8 Å². The van der Waals surface area contributed by atoms with E-state index in [0.29, 0.717) is 42.7 Å². The van der Waals surface area contributed by atoms with Crippen LogP contribution in [-0.4, -0.2) is 51.8 Å². The number of hydrogen-bond donors (Lipinski definition) is 0. The van der Waals surface area contributed by atoms with Crippen molar-refractivity contribution in [1.82, 2.24) is 4.90 Å². The van der Waals surface area contributed by atoms with E-state index in [4.69, 9.17) is 14.2 Å². The van der Waals surface area contributed by atoms with Crippen LogP contribution >= 0.6 is 0 Å². The van der Waals surface area contributed by atoms with Gasteiger partial charge in [-0.3, -0.25) is 4.79 Å². The highest BCUT2D eigenvalue weighted by atomic mass is 16.5. The van der Waals surface area contributed by atoms with Crippen LogP contribution in [0.4, 0.5) is 0 Å². The van der Waals surface area contributed by atoms with Crippen molar-refractivity contribution in [3.8, 4) is 11.5 Å². The summed E-state index contributed by atoms with van der Waals surface area (Å²) in [4.78, 5) is 14.1. The molecule has 0 saturated heterocycles. The van der Waals surface area contributed by atoms with Gasteiger partial charge in [-0.2, -0.15) is 0 Å². The first-order chi connectivity index (χ1) is 11.0. The van der Waals surface area contributed by atoms with Crippen molar-refractivity contribution in [2.75, 3.05) is 41.0 Å². The van der Waals surface area contributed by atoms with Crippen molar-refractivity contribution in [1.29, 1.82) is 0 Å². The zero-order valence-electron chi connectivity index (χ0n) is 14.9. The van der Waals surface area contributed by atoms with E-state index < -0.39 is 0 Å². The van der Waals surface area contributed by atoms with E-state index in [-0.39, 0.29) is 5.91 Å². The molecule has 0 aliphatic heterocycles. The van der Waals surface area contributed by atoms with Gasteiger partial charge in [0.1, 0.15) is 0 Å². The minimum absolute atomic E-state index is 0.0341. The smallest absolute Gasteiger partial charge is 0.253 e. The molecular formula is C18H29NO4. The number of methoxy groups -OCH3 is 2. The molecule has 0 unspecified atom stereocenters. The number of benzene rings is 1. The molecule has 1 rings (SSSR count). The first kappa shape index (κ1) is 19.3. The second-order valence-corrected chi connectivity index (χ2v) is 5.97. The Bertz CT molecular complexity index is 488. The molecule has 0 spiro atoms. The molecule has 0 aromatic heterocycles. The van der Waals surface area contributed by atoms with E-state index in [2.05, 4.69) is 13.8 Å². The molecular weight excluding hydrogens is 294 g/mol. The fourth-order valence-corrected chi connectivity index (χ4v) is 2.09. The number of rotatable bonds is 10. The van der Waals surface area contributed by atoms with Gasteiger partial charge in [0, 0.05) is 32.9 Å². The molecule has 0 aliphatic carbocycles. The average molecular weight is 323 g/mol. The lowest BCUT2D eigenvalue weighted by molar-refractivity contribution is 0.0779. The summed E-state index contributed by atoms with van der Waals surface area (Å²) in [6, 6.07) is 5.32. The highest BCUT2D eigenvalue weighted by Gasteiger charge is 2.15. The zero-order chi connectivity index (χ0) is 17.2. The van der Waals surface area contributed by atoms with Gasteiger partial charge in [-0.25, -0.2) is 0 Å². The number of ether oxygens (including phenoxy) is 3. The summed E-state index contributed by atoms with van der Waals surface area (Å²) in [5, 5.41) is 0. The topological polar surface area (TPSA) is 48.0 Å². The summed E-state index contributed by atoms with van der Waals surface area (Å²) in [5.41, 5.74) is 0.595. The van der Waals surface area contributed by atoms with E-state index in [1.165, 1.54) is 0 Å². The minimum atomic E-state index is -0.0341. The van der Waals surface area contributed by atoms with Gasteiger partial charge in [0.15, 0.2) is 11.5 Å². The second-order valence-electron chi connectivity index (χ2n) is 5.97. The van der Waals surface area contributed by atoms with Crippen molar-refractivity contribution in [2.24, 2.45) is 5.92 Å². The molecule has 0 saturated carbocycles. The second kappa shape index (κ2) is 10.1. The normalized spacial score (nSPS) is 10.7. The molecule has 0 atom stereocenters. The summed E-state index contributed by atoms with van der Waals surface area (Å²) >= 11 is 0. The van der Waals surface area contributed by atoms with E-state index in [1.807, 2.05) is 0 Å². The molecule has 23 heavy (non-hydrogen) atoms. The molecule has 0 bridgehead atoms. The number of nitrogens with zero attached hydrogens (tertiary/aromatic N) is 1. The fraction of sp³-hybridized carbons (Fsp3) is 0.611. The third kappa shape index (κ3) is 6.48. The first-order valence-corrected chi connectivity index (χ1v) is 8.04. The van der Waals surface area contributed by atoms with E-state index in [0.717, 1.165) is 12.8 Å². The Kier molecular flexibility index (Phi) is 8.48. The van der Waals surface area contributed by atoms with Crippen LogP contribution in [0.15, 0.2) is 18.2 Å². The molecule has 0 aliphatic rings. The maximum atomic E-state index is 12.4. The van der Waals surface area contributed by atoms with Crippen LogP contribution in [0, 0.1) is 5.92 Å². The quantitative estimate of drug-likeness (QED) is 0.620. The summed E-state index contributed by atoms with van der Waals surface area (Å²) in [7, 11) is 5.03. The van der Waals surface area contributed by atoms with Crippen LogP contribution in [0.25, 0.3) is 0 Å². The van der Waals surface area contributed by atoms with Crippen LogP contribution in [0.3, 0.4) is 0 Å². The number of amides is 1. The average Bonchev–Trinajstić information content (AvgIpc) is 2.54. The minimum Gasteiger partial charge on any atom is -0.493 e. The Morgan fingerprint density at radius 1 is 1.17 bits per heavy atom. The molecule has 0 N–H and O–H groups in total. The molecule has 0 fully saturated rings. The molecule has 1 aromatic carbocycles. The Morgan fingerprint density at radius 2 is 1.91 bits per heavy atom. The standard InChI is InChI=1S/C18H29NO4/c1-14(2)9-12-23-16-8-7-15(13-17(16)22-5)18(20)19(3)10-6-11-21-4/h7-8,13-14H,6,9-12H2,1-5H3. The molecule has 130 valence electrons. The highest BCUT2D eigenvalue weighted by Crippen LogP contribution is 2.28. The SMILES string of the molecule is COCCCN(C)C(=O)c1ccc(OCCC(C)C)c(OC)c1. The zero-order valence-corrected chi connectivity index (χ0v) is 14.9. The maximum Gasteiger partial charge on any atom is 0.253 e. The van der Waals surface area contributed by atoms with Gasteiger partial charge in [0.25, 0.3) is 5.91 Å². The largest absolute Gasteiger partial charge is 0.493 e.